The van der Waals surface area contributed by atoms with Gasteiger partial charge in [-0.3, -0.25) is 14.4 Å². The third-order valence-corrected chi connectivity index (χ3v) is 4.37. The van der Waals surface area contributed by atoms with Crippen molar-refractivity contribution in [1.29, 1.82) is 0 Å². The predicted molar refractivity (Wildman–Crippen MR) is 86.2 cm³/mol. The minimum Gasteiger partial charge on any atom is -0.481 e. The van der Waals surface area contributed by atoms with E-state index in [1.807, 2.05) is 32.0 Å². The molecule has 23 heavy (non-hydrogen) atoms. The highest BCUT2D eigenvalue weighted by Gasteiger charge is 2.35. The van der Waals surface area contributed by atoms with Crippen LogP contribution in [0.2, 0.25) is 0 Å². The fourth-order valence-corrected chi connectivity index (χ4v) is 2.63. The van der Waals surface area contributed by atoms with Gasteiger partial charge in [-0.05, 0) is 31.0 Å². The van der Waals surface area contributed by atoms with Gasteiger partial charge in [0.25, 0.3) is 0 Å². The van der Waals surface area contributed by atoms with Crippen molar-refractivity contribution in [3.8, 4) is 0 Å². The number of nitrogens with one attached hydrogen (secondary N) is 1. The number of hydrogen-bond donors (Lipinski definition) is 2. The zero-order chi connectivity index (χ0) is 17.1. The lowest BCUT2D eigenvalue weighted by Gasteiger charge is -2.20. The highest BCUT2D eigenvalue weighted by Crippen LogP contribution is 2.29. The molecule has 0 aliphatic carbocycles. The van der Waals surface area contributed by atoms with Crippen LogP contribution in [0.15, 0.2) is 18.2 Å². The molecule has 6 heteroatoms. The van der Waals surface area contributed by atoms with E-state index in [1.54, 1.807) is 4.90 Å². The second-order valence-corrected chi connectivity index (χ2v) is 6.11. The van der Waals surface area contributed by atoms with Crippen molar-refractivity contribution in [2.24, 2.45) is 11.8 Å². The number of aryl methyl sites for hydroxylation is 1. The fraction of sp³-hybridized carbons (Fsp3) is 0.471. The first-order chi connectivity index (χ1) is 10.8. The van der Waals surface area contributed by atoms with Crippen LogP contribution in [-0.2, 0) is 14.4 Å². The zero-order valence-corrected chi connectivity index (χ0v) is 13.6. The molecule has 0 bridgehead atoms. The molecule has 1 fully saturated rings. The molecule has 0 aromatic heterocycles. The van der Waals surface area contributed by atoms with Crippen LogP contribution in [0.25, 0.3) is 0 Å². The lowest BCUT2D eigenvalue weighted by Crippen LogP contribution is -2.37. The Hall–Kier alpha value is -2.37. The van der Waals surface area contributed by atoms with Crippen LogP contribution in [0.5, 0.6) is 0 Å². The molecule has 2 atom stereocenters. The van der Waals surface area contributed by atoms with Crippen LogP contribution in [0.1, 0.15) is 24.5 Å². The predicted octanol–water partition coefficient (Wildman–Crippen LogP) is 1.49. The van der Waals surface area contributed by atoms with Crippen LogP contribution in [-0.4, -0.2) is 36.0 Å². The van der Waals surface area contributed by atoms with Gasteiger partial charge in [0.05, 0.1) is 11.8 Å². The van der Waals surface area contributed by atoms with Crippen molar-refractivity contribution >= 4 is 23.5 Å². The molecule has 6 nitrogen and oxygen atoms in total. The Morgan fingerprint density at radius 3 is 2.74 bits per heavy atom. The van der Waals surface area contributed by atoms with E-state index in [1.165, 1.54) is 6.92 Å². The maximum atomic E-state index is 12.3. The summed E-state index contributed by atoms with van der Waals surface area (Å²) in [5.41, 5.74) is 2.96. The van der Waals surface area contributed by atoms with E-state index in [0.717, 1.165) is 16.8 Å². The summed E-state index contributed by atoms with van der Waals surface area (Å²) < 4.78 is 0. The van der Waals surface area contributed by atoms with E-state index in [4.69, 9.17) is 5.11 Å². The molecule has 0 radical (unpaired) electrons. The molecular formula is C17H22N2O4. The summed E-state index contributed by atoms with van der Waals surface area (Å²) in [5, 5.41) is 11.5. The number of carboxylic acid groups (broad SMARTS) is 1. The van der Waals surface area contributed by atoms with Crippen LogP contribution >= 0.6 is 0 Å². The molecule has 2 rings (SSSR count). The minimum atomic E-state index is -0.954. The summed E-state index contributed by atoms with van der Waals surface area (Å²) in [6.07, 6.45) is 0.153. The number of carbonyl (C=O) groups excluding carboxylic acids is 2. The number of anilines is 1. The highest BCUT2D eigenvalue weighted by molar-refractivity contribution is 6.01. The van der Waals surface area contributed by atoms with E-state index < -0.39 is 17.8 Å². The molecule has 1 aromatic carbocycles. The van der Waals surface area contributed by atoms with Gasteiger partial charge in [-0.1, -0.05) is 19.1 Å². The van der Waals surface area contributed by atoms with Crippen molar-refractivity contribution in [1.82, 2.24) is 5.32 Å². The number of benzene rings is 1. The van der Waals surface area contributed by atoms with Gasteiger partial charge in [0, 0.05) is 25.2 Å². The minimum absolute atomic E-state index is 0.0718. The molecule has 1 saturated heterocycles. The average Bonchev–Trinajstić information content (AvgIpc) is 2.89. The summed E-state index contributed by atoms with van der Waals surface area (Å²) in [5.74, 6) is -2.39. The van der Waals surface area contributed by atoms with E-state index in [9.17, 15) is 14.4 Å². The van der Waals surface area contributed by atoms with E-state index in [2.05, 4.69) is 5.32 Å². The van der Waals surface area contributed by atoms with Crippen LogP contribution in [0, 0.1) is 25.7 Å². The molecule has 0 spiro atoms. The third-order valence-electron chi connectivity index (χ3n) is 4.37. The number of rotatable bonds is 5. The Bertz CT molecular complexity index is 641. The van der Waals surface area contributed by atoms with Gasteiger partial charge in [-0.25, -0.2) is 0 Å². The van der Waals surface area contributed by atoms with E-state index >= 15 is 0 Å². The lowest BCUT2D eigenvalue weighted by molar-refractivity contribution is -0.141. The Morgan fingerprint density at radius 1 is 1.39 bits per heavy atom. The van der Waals surface area contributed by atoms with E-state index in [-0.39, 0.29) is 24.8 Å². The first-order valence-corrected chi connectivity index (χ1v) is 7.68. The SMILES string of the molecule is Cc1cccc(N2CC(C(=O)NCC(C)C(=O)O)CC2=O)c1C. The normalized spacial score (nSPS) is 18.8. The Balaban J connectivity index is 2.03. The van der Waals surface area contributed by atoms with Crippen molar-refractivity contribution in [3.05, 3.63) is 29.3 Å². The molecule has 1 aromatic rings. The number of carboxylic acids is 1. The molecule has 2 amide bonds. The zero-order valence-electron chi connectivity index (χ0n) is 13.6. The summed E-state index contributed by atoms with van der Waals surface area (Å²) in [6, 6.07) is 5.76. The quantitative estimate of drug-likeness (QED) is 0.861. The van der Waals surface area contributed by atoms with Crippen molar-refractivity contribution < 1.29 is 19.5 Å². The van der Waals surface area contributed by atoms with Gasteiger partial charge in [0.15, 0.2) is 0 Å². The van der Waals surface area contributed by atoms with Gasteiger partial charge in [-0.2, -0.15) is 0 Å². The number of nitrogens with zero attached hydrogens (tertiary/aromatic N) is 1. The molecule has 1 aliphatic rings. The molecule has 1 aliphatic heterocycles. The van der Waals surface area contributed by atoms with E-state index in [0.29, 0.717) is 6.54 Å². The third kappa shape index (κ3) is 3.70. The fourth-order valence-electron chi connectivity index (χ4n) is 2.63. The van der Waals surface area contributed by atoms with Crippen molar-refractivity contribution in [2.45, 2.75) is 27.2 Å². The maximum Gasteiger partial charge on any atom is 0.308 e. The molecule has 0 saturated carbocycles. The monoisotopic (exact) mass is 318 g/mol. The Morgan fingerprint density at radius 2 is 2.09 bits per heavy atom. The first kappa shape index (κ1) is 17.0. The molecule has 2 unspecified atom stereocenters. The van der Waals surface area contributed by atoms with Crippen LogP contribution < -0.4 is 10.2 Å². The van der Waals surface area contributed by atoms with Crippen LogP contribution in [0.3, 0.4) is 0 Å². The van der Waals surface area contributed by atoms with Gasteiger partial charge in [-0.15, -0.1) is 0 Å². The summed E-state index contributed by atoms with van der Waals surface area (Å²) in [7, 11) is 0. The molecule has 2 N–H and O–H groups in total. The van der Waals surface area contributed by atoms with Crippen LogP contribution in [0.4, 0.5) is 5.69 Å². The second-order valence-electron chi connectivity index (χ2n) is 6.11. The topological polar surface area (TPSA) is 86.7 Å². The first-order valence-electron chi connectivity index (χ1n) is 7.68. The standard InChI is InChI=1S/C17H22N2O4/c1-10-5-4-6-14(12(10)3)19-9-13(7-15(19)20)16(21)18-8-11(2)17(22)23/h4-6,11,13H,7-9H2,1-3H3,(H,18,21)(H,22,23). The molecule has 124 valence electrons. The van der Waals surface area contributed by atoms with Gasteiger partial charge in [0.2, 0.25) is 11.8 Å². The number of aliphatic carboxylic acids is 1. The molecular weight excluding hydrogens is 296 g/mol. The summed E-state index contributed by atoms with van der Waals surface area (Å²) >= 11 is 0. The van der Waals surface area contributed by atoms with Gasteiger partial charge < -0.3 is 15.3 Å². The average molecular weight is 318 g/mol. The number of amides is 2. The van der Waals surface area contributed by atoms with Gasteiger partial charge >= 0.3 is 5.97 Å². The second kappa shape index (κ2) is 6.81. The Labute approximate surface area is 135 Å². The number of hydrogen-bond acceptors (Lipinski definition) is 3. The van der Waals surface area contributed by atoms with Crippen molar-refractivity contribution in [3.63, 3.8) is 0 Å². The van der Waals surface area contributed by atoms with Crippen molar-refractivity contribution in [2.75, 3.05) is 18.0 Å². The summed E-state index contributed by atoms with van der Waals surface area (Å²) in [6.45, 7) is 5.88. The lowest BCUT2D eigenvalue weighted by atomic mass is 10.1. The Kier molecular flexibility index (Phi) is 5.03. The highest BCUT2D eigenvalue weighted by atomic mass is 16.4. The number of carbonyl (C=O) groups is 3. The largest absolute Gasteiger partial charge is 0.481 e. The smallest absolute Gasteiger partial charge is 0.308 e. The van der Waals surface area contributed by atoms with Gasteiger partial charge in [0.1, 0.15) is 0 Å². The maximum absolute atomic E-state index is 12.3. The molecule has 1 heterocycles. The summed E-state index contributed by atoms with van der Waals surface area (Å²) in [4.78, 5) is 36.8.